The predicted octanol–water partition coefficient (Wildman–Crippen LogP) is 4.32. The number of rotatable bonds is 16. The molecule has 218 valence electrons. The Balaban J connectivity index is 1.23. The smallest absolute Gasteiger partial charge is 0.305 e. The van der Waals surface area contributed by atoms with E-state index in [1.54, 1.807) is 6.20 Å². The number of aryl methyl sites for hydroxylation is 1. The summed E-state index contributed by atoms with van der Waals surface area (Å²) in [6.45, 7) is 16.4. The number of imidazole rings is 2. The monoisotopic (exact) mass is 541 g/mol. The van der Waals surface area contributed by atoms with Crippen LogP contribution in [0.3, 0.4) is 0 Å². The molecular weight excluding hydrogens is 490 g/mol. The average molecular weight is 542 g/mol. The summed E-state index contributed by atoms with van der Waals surface area (Å²) in [5.74, 6) is 1.87. The van der Waals surface area contributed by atoms with E-state index in [2.05, 4.69) is 49.3 Å². The van der Waals surface area contributed by atoms with Crippen LogP contribution in [-0.4, -0.2) is 92.1 Å². The van der Waals surface area contributed by atoms with Gasteiger partial charge in [-0.15, -0.1) is 0 Å². The lowest BCUT2D eigenvalue weighted by Crippen LogP contribution is -2.45. The first-order valence-electron chi connectivity index (χ1n) is 15.4. The summed E-state index contributed by atoms with van der Waals surface area (Å²) in [4.78, 5) is 31.9. The van der Waals surface area contributed by atoms with E-state index < -0.39 is 0 Å². The van der Waals surface area contributed by atoms with Gasteiger partial charge in [-0.25, -0.2) is 9.97 Å². The highest BCUT2D eigenvalue weighted by Crippen LogP contribution is 2.41. The Morgan fingerprint density at radius 3 is 2.56 bits per heavy atom. The van der Waals surface area contributed by atoms with Gasteiger partial charge >= 0.3 is 5.97 Å². The number of nitrogens with one attached hydrogen (secondary N) is 1. The van der Waals surface area contributed by atoms with Crippen LogP contribution in [0.25, 0.3) is 0 Å². The summed E-state index contributed by atoms with van der Waals surface area (Å²) in [7, 11) is 0. The van der Waals surface area contributed by atoms with Crippen LogP contribution >= 0.6 is 0 Å². The standard InChI is InChI=1S/C30H51N7O2/c1-4-26(5-2)36-20-11-30(12-21-36)10-19-34(25-30)17-8-18-37-22-15-33-28(37)24-35(23-27-31-13-14-32-27)16-7-9-29(38)39-6-3/h13-15,22,26H,4-12,16-21,23-25H2,1-3H3,(H,31,32). The number of carbonyl (C=O) groups is 1. The lowest BCUT2D eigenvalue weighted by molar-refractivity contribution is -0.143. The predicted molar refractivity (Wildman–Crippen MR) is 154 cm³/mol. The summed E-state index contributed by atoms with van der Waals surface area (Å²) in [5, 5.41) is 0. The first-order chi connectivity index (χ1) is 19.0. The van der Waals surface area contributed by atoms with E-state index in [4.69, 9.17) is 9.72 Å². The van der Waals surface area contributed by atoms with Crippen molar-refractivity contribution in [2.75, 3.05) is 45.9 Å². The van der Waals surface area contributed by atoms with E-state index in [0.29, 0.717) is 25.0 Å². The van der Waals surface area contributed by atoms with Gasteiger partial charge < -0.3 is 24.1 Å². The number of aromatic nitrogens is 4. The Kier molecular flexibility index (Phi) is 11.4. The van der Waals surface area contributed by atoms with Crippen LogP contribution in [0.15, 0.2) is 24.8 Å². The molecule has 0 aliphatic carbocycles. The zero-order valence-electron chi connectivity index (χ0n) is 24.6. The molecule has 0 amide bonds. The van der Waals surface area contributed by atoms with Crippen LogP contribution in [0.1, 0.15) is 83.8 Å². The van der Waals surface area contributed by atoms with E-state index in [1.807, 2.05) is 19.3 Å². The summed E-state index contributed by atoms with van der Waals surface area (Å²) < 4.78 is 7.41. The highest BCUT2D eigenvalue weighted by Gasteiger charge is 2.40. The Morgan fingerprint density at radius 2 is 1.85 bits per heavy atom. The molecule has 0 atom stereocenters. The Hall–Kier alpha value is -2.23. The molecule has 2 saturated heterocycles. The average Bonchev–Trinajstić information content (AvgIpc) is 3.69. The molecule has 0 radical (unpaired) electrons. The third kappa shape index (κ3) is 8.63. The van der Waals surface area contributed by atoms with Gasteiger partial charge in [0.15, 0.2) is 0 Å². The van der Waals surface area contributed by atoms with Gasteiger partial charge in [0.1, 0.15) is 11.6 Å². The van der Waals surface area contributed by atoms with Crippen molar-refractivity contribution in [2.45, 2.75) is 97.8 Å². The number of carbonyl (C=O) groups excluding carboxylic acids is 1. The van der Waals surface area contributed by atoms with Crippen molar-refractivity contribution in [3.05, 3.63) is 36.4 Å². The molecule has 9 heteroatoms. The molecule has 2 aromatic rings. The molecule has 2 aliphatic heterocycles. The molecular formula is C30H51N7O2. The quantitative estimate of drug-likeness (QED) is 0.317. The number of aromatic amines is 1. The number of esters is 1. The molecule has 4 heterocycles. The molecule has 0 unspecified atom stereocenters. The number of piperidine rings is 1. The number of likely N-dealkylation sites (tertiary alicyclic amines) is 2. The van der Waals surface area contributed by atoms with Gasteiger partial charge in [0, 0.05) is 50.3 Å². The highest BCUT2D eigenvalue weighted by molar-refractivity contribution is 5.69. The lowest BCUT2D eigenvalue weighted by Gasteiger charge is -2.42. The third-order valence-corrected chi connectivity index (χ3v) is 8.96. The first-order valence-corrected chi connectivity index (χ1v) is 15.4. The second-order valence-electron chi connectivity index (χ2n) is 11.6. The number of ether oxygens (including phenoxy) is 1. The van der Waals surface area contributed by atoms with Crippen molar-refractivity contribution in [3.8, 4) is 0 Å². The minimum absolute atomic E-state index is 0.127. The van der Waals surface area contributed by atoms with Gasteiger partial charge in [-0.05, 0) is 90.0 Å². The Bertz CT molecular complexity index is 964. The molecule has 39 heavy (non-hydrogen) atoms. The van der Waals surface area contributed by atoms with Crippen molar-refractivity contribution in [1.29, 1.82) is 0 Å². The topological polar surface area (TPSA) is 82.5 Å². The van der Waals surface area contributed by atoms with Gasteiger partial charge in [0.2, 0.25) is 0 Å². The summed E-state index contributed by atoms with van der Waals surface area (Å²) in [6, 6.07) is 0.775. The summed E-state index contributed by atoms with van der Waals surface area (Å²) in [5.41, 5.74) is 0.554. The van der Waals surface area contributed by atoms with Crippen LogP contribution < -0.4 is 0 Å². The molecule has 0 aromatic carbocycles. The normalized spacial score (nSPS) is 18.1. The van der Waals surface area contributed by atoms with Gasteiger partial charge in [-0.2, -0.15) is 0 Å². The van der Waals surface area contributed by atoms with Gasteiger partial charge in [0.25, 0.3) is 0 Å². The number of H-pyrrole nitrogens is 1. The molecule has 1 N–H and O–H groups in total. The van der Waals surface area contributed by atoms with E-state index in [-0.39, 0.29) is 5.97 Å². The number of nitrogens with zero attached hydrogens (tertiary/aromatic N) is 6. The highest BCUT2D eigenvalue weighted by atomic mass is 16.5. The summed E-state index contributed by atoms with van der Waals surface area (Å²) >= 11 is 0. The van der Waals surface area contributed by atoms with Crippen LogP contribution in [0, 0.1) is 5.41 Å². The van der Waals surface area contributed by atoms with Crippen molar-refractivity contribution < 1.29 is 9.53 Å². The van der Waals surface area contributed by atoms with E-state index in [1.165, 1.54) is 58.3 Å². The van der Waals surface area contributed by atoms with Crippen LogP contribution in [-0.2, 0) is 29.2 Å². The molecule has 2 aliphatic rings. The lowest BCUT2D eigenvalue weighted by atomic mass is 9.77. The zero-order chi connectivity index (χ0) is 27.5. The van der Waals surface area contributed by atoms with E-state index in [0.717, 1.165) is 56.7 Å². The van der Waals surface area contributed by atoms with Crippen molar-refractivity contribution in [2.24, 2.45) is 5.41 Å². The van der Waals surface area contributed by atoms with Crippen molar-refractivity contribution in [1.82, 2.24) is 34.2 Å². The fourth-order valence-corrected chi connectivity index (χ4v) is 6.65. The SMILES string of the molecule is CCOC(=O)CCCN(Cc1ncc[nH]1)Cc1nccn1CCCN1CCC2(CCN(C(CC)CC)CC2)C1. The minimum atomic E-state index is -0.127. The fourth-order valence-electron chi connectivity index (χ4n) is 6.65. The maximum atomic E-state index is 11.8. The fraction of sp³-hybridized carbons (Fsp3) is 0.767. The van der Waals surface area contributed by atoms with Gasteiger partial charge in [-0.3, -0.25) is 9.69 Å². The van der Waals surface area contributed by atoms with Crippen LogP contribution in [0.2, 0.25) is 0 Å². The minimum Gasteiger partial charge on any atom is -0.466 e. The third-order valence-electron chi connectivity index (χ3n) is 8.96. The zero-order valence-corrected chi connectivity index (χ0v) is 24.6. The maximum absolute atomic E-state index is 11.8. The van der Waals surface area contributed by atoms with Crippen molar-refractivity contribution in [3.63, 3.8) is 0 Å². The number of hydrogen-bond acceptors (Lipinski definition) is 7. The number of hydrogen-bond donors (Lipinski definition) is 1. The Morgan fingerprint density at radius 1 is 1.05 bits per heavy atom. The van der Waals surface area contributed by atoms with Gasteiger partial charge in [-0.1, -0.05) is 13.8 Å². The maximum Gasteiger partial charge on any atom is 0.305 e. The molecule has 2 aromatic heterocycles. The second-order valence-corrected chi connectivity index (χ2v) is 11.6. The second kappa shape index (κ2) is 15.0. The molecule has 0 bridgehead atoms. The molecule has 2 fully saturated rings. The van der Waals surface area contributed by atoms with E-state index >= 15 is 0 Å². The van der Waals surface area contributed by atoms with Gasteiger partial charge in [0.05, 0.1) is 19.7 Å². The summed E-state index contributed by atoms with van der Waals surface area (Å²) in [6.07, 6.45) is 16.7. The first kappa shape index (κ1) is 29.7. The van der Waals surface area contributed by atoms with Crippen LogP contribution in [0.5, 0.6) is 0 Å². The molecule has 4 rings (SSSR count). The largest absolute Gasteiger partial charge is 0.466 e. The molecule has 1 spiro atoms. The Labute approximate surface area is 235 Å². The van der Waals surface area contributed by atoms with Crippen LogP contribution in [0.4, 0.5) is 0 Å². The molecule has 0 saturated carbocycles. The van der Waals surface area contributed by atoms with Crippen molar-refractivity contribution >= 4 is 5.97 Å². The van der Waals surface area contributed by atoms with E-state index in [9.17, 15) is 4.79 Å². The molecule has 9 nitrogen and oxygen atoms in total.